The van der Waals surface area contributed by atoms with E-state index in [1.807, 2.05) is 97.9 Å². The first kappa shape index (κ1) is 23.2. The van der Waals surface area contributed by atoms with Gasteiger partial charge >= 0.3 is 0 Å². The SMILES string of the molecule is COc1ccc(-c2cc(-c3ccccc3)nc(Sc3c(C)[nH]n(-c4ccccc4)c3=O)c2C#N)cc1. The molecule has 0 aliphatic rings. The second-order valence-corrected chi connectivity index (χ2v) is 9.08. The van der Waals surface area contributed by atoms with Crippen LogP contribution in [-0.2, 0) is 0 Å². The number of nitriles is 1. The summed E-state index contributed by atoms with van der Waals surface area (Å²) in [6.07, 6.45) is 0. The van der Waals surface area contributed by atoms with Crippen LogP contribution >= 0.6 is 11.8 Å². The number of nitrogens with one attached hydrogen (secondary N) is 1. The van der Waals surface area contributed by atoms with Gasteiger partial charge in [-0.15, -0.1) is 0 Å². The molecule has 0 bridgehead atoms. The normalized spacial score (nSPS) is 10.7. The van der Waals surface area contributed by atoms with Crippen molar-refractivity contribution >= 4 is 11.8 Å². The summed E-state index contributed by atoms with van der Waals surface area (Å²) < 4.78 is 6.81. The largest absolute Gasteiger partial charge is 0.497 e. The molecule has 0 radical (unpaired) electrons. The highest BCUT2D eigenvalue weighted by atomic mass is 32.2. The first-order chi connectivity index (χ1) is 17.6. The van der Waals surface area contributed by atoms with Crippen molar-refractivity contribution in [2.75, 3.05) is 7.11 Å². The van der Waals surface area contributed by atoms with Gasteiger partial charge in [0, 0.05) is 16.8 Å². The highest BCUT2D eigenvalue weighted by Crippen LogP contribution is 2.37. The number of benzene rings is 3. The fraction of sp³-hybridized carbons (Fsp3) is 0.0690. The standard InChI is InChI=1S/C29H22N4O2S/c1-19-27(29(34)33(32-19)22-11-7-4-8-12-22)36-28-25(18-30)24(20-13-15-23(35-2)16-14-20)17-26(31-28)21-9-5-3-6-10-21/h3-17,32H,1-2H3. The molecule has 7 heteroatoms. The number of para-hydroxylation sites is 1. The van der Waals surface area contributed by atoms with Gasteiger partial charge in [0.1, 0.15) is 21.7 Å². The van der Waals surface area contributed by atoms with E-state index >= 15 is 0 Å². The van der Waals surface area contributed by atoms with E-state index in [0.29, 0.717) is 21.2 Å². The van der Waals surface area contributed by atoms with Gasteiger partial charge in [0.05, 0.1) is 24.1 Å². The number of ether oxygens (including phenoxy) is 1. The minimum atomic E-state index is -0.189. The number of aromatic amines is 1. The Bertz CT molecular complexity index is 1620. The molecule has 3 aromatic carbocycles. The van der Waals surface area contributed by atoms with E-state index in [9.17, 15) is 10.1 Å². The van der Waals surface area contributed by atoms with Gasteiger partial charge in [0.15, 0.2) is 0 Å². The molecule has 5 rings (SSSR count). The number of rotatable bonds is 6. The van der Waals surface area contributed by atoms with Crippen molar-refractivity contribution in [2.24, 2.45) is 0 Å². The van der Waals surface area contributed by atoms with Crippen molar-refractivity contribution in [1.29, 1.82) is 5.26 Å². The van der Waals surface area contributed by atoms with E-state index in [1.165, 1.54) is 16.4 Å². The molecule has 0 fully saturated rings. The van der Waals surface area contributed by atoms with Crippen LogP contribution in [0.4, 0.5) is 0 Å². The maximum absolute atomic E-state index is 13.4. The van der Waals surface area contributed by atoms with E-state index in [4.69, 9.17) is 9.72 Å². The maximum Gasteiger partial charge on any atom is 0.285 e. The molecule has 2 aromatic heterocycles. The van der Waals surface area contributed by atoms with Gasteiger partial charge in [0.2, 0.25) is 0 Å². The highest BCUT2D eigenvalue weighted by Gasteiger charge is 2.21. The van der Waals surface area contributed by atoms with Crippen molar-refractivity contribution in [3.05, 3.63) is 113 Å². The Balaban J connectivity index is 1.68. The average Bonchev–Trinajstić information content (AvgIpc) is 3.22. The van der Waals surface area contributed by atoms with Crippen molar-refractivity contribution in [3.8, 4) is 39.9 Å². The van der Waals surface area contributed by atoms with Crippen molar-refractivity contribution < 1.29 is 4.74 Å². The van der Waals surface area contributed by atoms with E-state index in [0.717, 1.165) is 33.8 Å². The van der Waals surface area contributed by atoms with Gasteiger partial charge in [0.25, 0.3) is 5.56 Å². The van der Waals surface area contributed by atoms with Crippen LogP contribution in [-0.4, -0.2) is 21.9 Å². The molecule has 0 unspecified atom stereocenters. The summed E-state index contributed by atoms with van der Waals surface area (Å²) in [4.78, 5) is 18.7. The van der Waals surface area contributed by atoms with Gasteiger partial charge in [-0.2, -0.15) is 5.26 Å². The Kier molecular flexibility index (Phi) is 6.44. The molecule has 0 saturated carbocycles. The third kappa shape index (κ3) is 4.42. The molecule has 5 aromatic rings. The number of aryl methyl sites for hydroxylation is 1. The molecule has 0 atom stereocenters. The van der Waals surface area contributed by atoms with Crippen molar-refractivity contribution in [2.45, 2.75) is 16.8 Å². The van der Waals surface area contributed by atoms with Gasteiger partial charge in [-0.05, 0) is 42.8 Å². The molecule has 6 nitrogen and oxygen atoms in total. The summed E-state index contributed by atoms with van der Waals surface area (Å²) in [5.41, 5.74) is 4.92. The lowest BCUT2D eigenvalue weighted by Gasteiger charge is -2.12. The minimum absolute atomic E-state index is 0.189. The summed E-state index contributed by atoms with van der Waals surface area (Å²) >= 11 is 1.21. The van der Waals surface area contributed by atoms with Crippen LogP contribution in [0.15, 0.2) is 106 Å². The van der Waals surface area contributed by atoms with Crippen LogP contribution in [0, 0.1) is 18.3 Å². The van der Waals surface area contributed by atoms with Crippen molar-refractivity contribution in [1.82, 2.24) is 14.8 Å². The number of pyridine rings is 1. The smallest absolute Gasteiger partial charge is 0.285 e. The second kappa shape index (κ2) is 9.98. The first-order valence-corrected chi connectivity index (χ1v) is 12.1. The molecule has 0 saturated heterocycles. The Labute approximate surface area is 212 Å². The highest BCUT2D eigenvalue weighted by molar-refractivity contribution is 7.99. The number of hydrogen-bond donors (Lipinski definition) is 1. The summed E-state index contributed by atoms with van der Waals surface area (Å²) in [5, 5.41) is 13.8. The lowest BCUT2D eigenvalue weighted by atomic mass is 9.99. The van der Waals surface area contributed by atoms with Gasteiger partial charge in [-0.3, -0.25) is 9.89 Å². The van der Waals surface area contributed by atoms with Gasteiger partial charge in [-0.25, -0.2) is 9.67 Å². The fourth-order valence-electron chi connectivity index (χ4n) is 3.97. The molecular weight excluding hydrogens is 468 g/mol. The quantitative estimate of drug-likeness (QED) is 0.305. The van der Waals surface area contributed by atoms with E-state index in [1.54, 1.807) is 7.11 Å². The summed E-state index contributed by atoms with van der Waals surface area (Å²) in [5.74, 6) is 0.730. The lowest BCUT2D eigenvalue weighted by Crippen LogP contribution is -2.15. The number of H-pyrrole nitrogens is 1. The average molecular weight is 491 g/mol. The molecule has 1 N–H and O–H groups in total. The third-order valence-corrected chi connectivity index (χ3v) is 6.97. The molecule has 0 spiro atoms. The molecule has 36 heavy (non-hydrogen) atoms. The summed E-state index contributed by atoms with van der Waals surface area (Å²) in [6, 6.07) is 31.0. The Morgan fingerprint density at radius 1 is 0.944 bits per heavy atom. The molecule has 176 valence electrons. The summed E-state index contributed by atoms with van der Waals surface area (Å²) in [7, 11) is 1.62. The minimum Gasteiger partial charge on any atom is -0.497 e. The van der Waals surface area contributed by atoms with Crippen molar-refractivity contribution in [3.63, 3.8) is 0 Å². The van der Waals surface area contributed by atoms with E-state index < -0.39 is 0 Å². The molecular formula is C29H22N4O2S. The Morgan fingerprint density at radius 3 is 2.25 bits per heavy atom. The second-order valence-electron chi connectivity index (χ2n) is 8.09. The Hall–Kier alpha value is -4.54. The Morgan fingerprint density at radius 2 is 1.61 bits per heavy atom. The number of methoxy groups -OCH3 is 1. The molecule has 0 aliphatic heterocycles. The van der Waals surface area contributed by atoms with E-state index in [2.05, 4.69) is 11.2 Å². The fourth-order valence-corrected chi connectivity index (χ4v) is 4.94. The number of nitrogens with zero attached hydrogens (tertiary/aromatic N) is 3. The van der Waals surface area contributed by atoms with Crippen LogP contribution in [0.1, 0.15) is 11.3 Å². The first-order valence-electron chi connectivity index (χ1n) is 11.3. The van der Waals surface area contributed by atoms with Crippen LogP contribution in [0.3, 0.4) is 0 Å². The van der Waals surface area contributed by atoms with Gasteiger partial charge < -0.3 is 4.74 Å². The maximum atomic E-state index is 13.4. The lowest BCUT2D eigenvalue weighted by molar-refractivity contribution is 0.415. The topological polar surface area (TPSA) is 83.7 Å². The zero-order chi connectivity index (χ0) is 25.1. The summed E-state index contributed by atoms with van der Waals surface area (Å²) in [6.45, 7) is 1.85. The third-order valence-electron chi connectivity index (χ3n) is 5.80. The predicted octanol–water partition coefficient (Wildman–Crippen LogP) is 6.23. The van der Waals surface area contributed by atoms with Crippen LogP contribution < -0.4 is 10.3 Å². The predicted molar refractivity (Wildman–Crippen MR) is 142 cm³/mol. The number of aromatic nitrogens is 3. The molecule has 0 amide bonds. The molecule has 2 heterocycles. The van der Waals surface area contributed by atoms with Crippen LogP contribution in [0.25, 0.3) is 28.1 Å². The number of hydrogen-bond acceptors (Lipinski definition) is 5. The zero-order valence-electron chi connectivity index (χ0n) is 19.7. The van der Waals surface area contributed by atoms with Crippen LogP contribution in [0.2, 0.25) is 0 Å². The van der Waals surface area contributed by atoms with Crippen LogP contribution in [0.5, 0.6) is 5.75 Å². The van der Waals surface area contributed by atoms with E-state index in [-0.39, 0.29) is 5.56 Å². The molecule has 0 aliphatic carbocycles. The van der Waals surface area contributed by atoms with Gasteiger partial charge in [-0.1, -0.05) is 72.4 Å². The zero-order valence-corrected chi connectivity index (χ0v) is 20.5. The monoisotopic (exact) mass is 490 g/mol.